The van der Waals surface area contributed by atoms with E-state index in [9.17, 15) is 14.4 Å². The molecule has 0 saturated heterocycles. The van der Waals surface area contributed by atoms with Gasteiger partial charge in [-0.25, -0.2) is 0 Å². The van der Waals surface area contributed by atoms with Crippen LogP contribution in [0.5, 0.6) is 0 Å². The standard InChI is InChI=1S/C59H106O6/c1-4-7-10-13-16-19-21-23-25-27-29-31-33-35-37-40-43-46-49-52-58(61)64-55-56(54-63-57(60)51-48-45-42-39-18-15-12-9-6-3)65-59(62)53-50-47-44-41-38-36-34-32-30-28-26-24-22-20-17-14-11-8-5-2/h16-17,19-24,56H,4-15,18,25-55H2,1-3H3/b19-16-,20-17-,23-21-,24-22-. The molecule has 0 aromatic carbocycles. The zero-order valence-electron chi connectivity index (χ0n) is 43.3. The predicted octanol–water partition coefficient (Wildman–Crippen LogP) is 18.7. The summed E-state index contributed by atoms with van der Waals surface area (Å²) in [5.41, 5.74) is 0. The van der Waals surface area contributed by atoms with Crippen LogP contribution >= 0.6 is 0 Å². The summed E-state index contributed by atoms with van der Waals surface area (Å²) in [5, 5.41) is 0. The smallest absolute Gasteiger partial charge is 0.306 e. The highest BCUT2D eigenvalue weighted by Gasteiger charge is 2.19. The number of esters is 3. The third-order valence-corrected chi connectivity index (χ3v) is 12.4. The van der Waals surface area contributed by atoms with Gasteiger partial charge in [-0.15, -0.1) is 0 Å². The fraction of sp³-hybridized carbons (Fsp3) is 0.814. The van der Waals surface area contributed by atoms with Crippen LogP contribution < -0.4 is 0 Å². The highest BCUT2D eigenvalue weighted by molar-refractivity contribution is 5.71. The summed E-state index contributed by atoms with van der Waals surface area (Å²) in [6.07, 6.45) is 65.3. The second-order valence-electron chi connectivity index (χ2n) is 18.9. The van der Waals surface area contributed by atoms with Gasteiger partial charge in [0.15, 0.2) is 6.10 Å². The summed E-state index contributed by atoms with van der Waals surface area (Å²) in [6, 6.07) is 0. The van der Waals surface area contributed by atoms with Crippen LogP contribution in [0.25, 0.3) is 0 Å². The fourth-order valence-corrected chi connectivity index (χ4v) is 8.07. The topological polar surface area (TPSA) is 78.9 Å². The molecule has 0 N–H and O–H groups in total. The largest absolute Gasteiger partial charge is 0.462 e. The first-order valence-corrected chi connectivity index (χ1v) is 28.2. The van der Waals surface area contributed by atoms with Crippen molar-refractivity contribution in [2.75, 3.05) is 13.2 Å². The van der Waals surface area contributed by atoms with Crippen LogP contribution in [0.4, 0.5) is 0 Å². The average molecular weight is 911 g/mol. The number of carbonyl (C=O) groups excluding carboxylic acids is 3. The van der Waals surface area contributed by atoms with Crippen molar-refractivity contribution in [3.63, 3.8) is 0 Å². The normalized spacial score (nSPS) is 12.4. The molecule has 0 fully saturated rings. The minimum absolute atomic E-state index is 0.0730. The van der Waals surface area contributed by atoms with Gasteiger partial charge in [0.05, 0.1) is 0 Å². The number of rotatable bonds is 51. The molecule has 6 heteroatoms. The average Bonchev–Trinajstić information content (AvgIpc) is 3.30. The van der Waals surface area contributed by atoms with E-state index in [0.717, 1.165) is 57.8 Å². The van der Waals surface area contributed by atoms with Crippen LogP contribution in [0.15, 0.2) is 48.6 Å². The lowest BCUT2D eigenvalue weighted by atomic mass is 10.1. The summed E-state index contributed by atoms with van der Waals surface area (Å²) >= 11 is 0. The zero-order valence-corrected chi connectivity index (χ0v) is 43.3. The van der Waals surface area contributed by atoms with E-state index in [1.54, 1.807) is 0 Å². The zero-order chi connectivity index (χ0) is 47.2. The van der Waals surface area contributed by atoms with Crippen molar-refractivity contribution in [1.82, 2.24) is 0 Å². The molecule has 6 nitrogen and oxygen atoms in total. The molecule has 0 aliphatic carbocycles. The van der Waals surface area contributed by atoms with Crippen molar-refractivity contribution < 1.29 is 28.6 Å². The number of allylic oxidation sites excluding steroid dienone is 8. The van der Waals surface area contributed by atoms with Gasteiger partial charge < -0.3 is 14.2 Å². The van der Waals surface area contributed by atoms with E-state index in [0.29, 0.717) is 19.3 Å². The second kappa shape index (κ2) is 54.0. The van der Waals surface area contributed by atoms with Gasteiger partial charge in [0.1, 0.15) is 13.2 Å². The first-order valence-electron chi connectivity index (χ1n) is 28.2. The minimum atomic E-state index is -0.773. The van der Waals surface area contributed by atoms with Gasteiger partial charge >= 0.3 is 17.9 Å². The van der Waals surface area contributed by atoms with Crippen molar-refractivity contribution in [3.8, 4) is 0 Å². The monoisotopic (exact) mass is 911 g/mol. The molecule has 0 aliphatic heterocycles. The molecule has 0 aromatic rings. The Balaban J connectivity index is 4.27. The molecule has 0 heterocycles. The lowest BCUT2D eigenvalue weighted by molar-refractivity contribution is -0.167. The molecule has 378 valence electrons. The van der Waals surface area contributed by atoms with Crippen molar-refractivity contribution in [1.29, 1.82) is 0 Å². The summed E-state index contributed by atoms with van der Waals surface area (Å²) in [4.78, 5) is 38.0. The highest BCUT2D eigenvalue weighted by Crippen LogP contribution is 2.16. The van der Waals surface area contributed by atoms with E-state index in [4.69, 9.17) is 14.2 Å². The number of hydrogen-bond donors (Lipinski definition) is 0. The van der Waals surface area contributed by atoms with Gasteiger partial charge in [-0.1, -0.05) is 249 Å². The highest BCUT2D eigenvalue weighted by atomic mass is 16.6. The number of unbranched alkanes of at least 4 members (excludes halogenated alkanes) is 34. The van der Waals surface area contributed by atoms with Gasteiger partial charge in [-0.2, -0.15) is 0 Å². The summed E-state index contributed by atoms with van der Waals surface area (Å²) in [6.45, 7) is 6.59. The molecule has 65 heavy (non-hydrogen) atoms. The maximum absolute atomic E-state index is 12.8. The van der Waals surface area contributed by atoms with E-state index >= 15 is 0 Å². The molecule has 1 atom stereocenters. The Morgan fingerprint density at radius 3 is 0.846 bits per heavy atom. The number of ether oxygens (including phenoxy) is 3. The van der Waals surface area contributed by atoms with E-state index in [1.807, 2.05) is 0 Å². The Morgan fingerprint density at radius 1 is 0.308 bits per heavy atom. The summed E-state index contributed by atoms with van der Waals surface area (Å²) < 4.78 is 16.8. The summed E-state index contributed by atoms with van der Waals surface area (Å²) in [7, 11) is 0. The van der Waals surface area contributed by atoms with Gasteiger partial charge in [-0.3, -0.25) is 14.4 Å². The Morgan fingerprint density at radius 2 is 0.538 bits per heavy atom. The first kappa shape index (κ1) is 62.4. The van der Waals surface area contributed by atoms with Gasteiger partial charge in [0, 0.05) is 19.3 Å². The van der Waals surface area contributed by atoms with Crippen molar-refractivity contribution in [3.05, 3.63) is 48.6 Å². The maximum atomic E-state index is 12.8. The molecule has 0 aliphatic rings. The summed E-state index contributed by atoms with van der Waals surface area (Å²) in [5.74, 6) is -0.871. The van der Waals surface area contributed by atoms with Crippen LogP contribution in [0.3, 0.4) is 0 Å². The molecular formula is C59H106O6. The van der Waals surface area contributed by atoms with Crippen LogP contribution in [-0.4, -0.2) is 37.2 Å². The molecule has 1 unspecified atom stereocenters. The molecule has 0 amide bonds. The van der Waals surface area contributed by atoms with Gasteiger partial charge in [0.25, 0.3) is 0 Å². The van der Waals surface area contributed by atoms with Crippen LogP contribution in [0.2, 0.25) is 0 Å². The Kier molecular flexibility index (Phi) is 51.8. The van der Waals surface area contributed by atoms with E-state index in [2.05, 4.69) is 69.4 Å². The molecule has 0 bridgehead atoms. The third kappa shape index (κ3) is 52.2. The lowest BCUT2D eigenvalue weighted by Gasteiger charge is -2.18. The molecule has 0 aromatic heterocycles. The second-order valence-corrected chi connectivity index (χ2v) is 18.9. The fourth-order valence-electron chi connectivity index (χ4n) is 8.07. The number of hydrogen-bond acceptors (Lipinski definition) is 6. The van der Waals surface area contributed by atoms with Gasteiger partial charge in [-0.05, 0) is 70.6 Å². The molecule has 0 spiro atoms. The van der Waals surface area contributed by atoms with Crippen molar-refractivity contribution >= 4 is 17.9 Å². The van der Waals surface area contributed by atoms with E-state index in [1.165, 1.54) is 193 Å². The van der Waals surface area contributed by atoms with E-state index in [-0.39, 0.29) is 31.1 Å². The SMILES string of the molecule is CCCCC/C=C\C=C/CCCCCCCCCCCCC(=O)OCC(COC(=O)CCCCCCCCCCC)OC(=O)CCCCCCCCCCCC/C=C\C=C/CCCCC. The molecule has 0 rings (SSSR count). The first-order chi connectivity index (χ1) is 32.0. The third-order valence-electron chi connectivity index (χ3n) is 12.4. The Labute approximate surface area is 403 Å². The lowest BCUT2D eigenvalue weighted by Crippen LogP contribution is -2.30. The molecular weight excluding hydrogens is 805 g/mol. The predicted molar refractivity (Wildman–Crippen MR) is 279 cm³/mol. The Hall–Kier alpha value is -2.63. The Bertz CT molecular complexity index is 1140. The van der Waals surface area contributed by atoms with Crippen LogP contribution in [0, 0.1) is 0 Å². The number of carbonyl (C=O) groups is 3. The van der Waals surface area contributed by atoms with E-state index < -0.39 is 6.10 Å². The minimum Gasteiger partial charge on any atom is -0.462 e. The molecule has 0 radical (unpaired) electrons. The van der Waals surface area contributed by atoms with Gasteiger partial charge in [0.2, 0.25) is 0 Å². The van der Waals surface area contributed by atoms with Crippen molar-refractivity contribution in [2.45, 2.75) is 297 Å². The molecule has 0 saturated carbocycles. The van der Waals surface area contributed by atoms with Crippen molar-refractivity contribution in [2.24, 2.45) is 0 Å². The van der Waals surface area contributed by atoms with Crippen LogP contribution in [0.1, 0.15) is 290 Å². The van der Waals surface area contributed by atoms with Crippen LogP contribution in [-0.2, 0) is 28.6 Å². The quantitative estimate of drug-likeness (QED) is 0.0262. The maximum Gasteiger partial charge on any atom is 0.306 e.